The molecule has 14 heteroatoms. The van der Waals surface area contributed by atoms with Gasteiger partial charge in [-0.25, -0.2) is 9.59 Å². The van der Waals surface area contributed by atoms with Crippen LogP contribution in [0, 0.1) is 0 Å². The highest BCUT2D eigenvalue weighted by molar-refractivity contribution is 6.61. The van der Waals surface area contributed by atoms with Crippen LogP contribution >= 0.6 is 0 Å². The summed E-state index contributed by atoms with van der Waals surface area (Å²) in [5.41, 5.74) is -0.556. The minimum atomic E-state index is -2.81. The van der Waals surface area contributed by atoms with Crippen LogP contribution < -0.4 is 5.32 Å². The standard InChI is InChI=1S/C26H56N2O10Si2/c1-10-28(25(30)31-21-19-23-40(35-14-5,36-15-6)37-16-7)38-24(29)27-26(8,9)20-17-18-22-39(32-11-2,33-12-3)34-13-4/h10-23H2,1-9H3,(H,27,29). The lowest BCUT2D eigenvalue weighted by Crippen LogP contribution is -2.47. The fourth-order valence-electron chi connectivity index (χ4n) is 4.12. The molecular weight excluding hydrogens is 556 g/mol. The van der Waals surface area contributed by atoms with Gasteiger partial charge in [-0.2, -0.15) is 0 Å². The molecular formula is C26H56N2O10Si2. The van der Waals surface area contributed by atoms with Gasteiger partial charge in [-0.3, -0.25) is 0 Å². The Bertz CT molecular complexity index is 654. The first kappa shape index (κ1) is 38.7. The number of carbonyl (C=O) groups excluding carboxylic acids is 2. The maximum Gasteiger partial charge on any atom is 0.501 e. The summed E-state index contributed by atoms with van der Waals surface area (Å²) in [6.45, 7) is 20.3. The molecule has 0 radical (unpaired) electrons. The zero-order valence-electron chi connectivity index (χ0n) is 26.4. The van der Waals surface area contributed by atoms with E-state index in [1.54, 1.807) is 6.92 Å². The molecule has 0 fully saturated rings. The van der Waals surface area contributed by atoms with Crippen LogP contribution in [0.3, 0.4) is 0 Å². The first-order chi connectivity index (χ1) is 19.0. The van der Waals surface area contributed by atoms with Gasteiger partial charge >= 0.3 is 29.8 Å². The number of ether oxygens (including phenoxy) is 1. The van der Waals surface area contributed by atoms with Crippen molar-refractivity contribution in [2.45, 2.75) is 106 Å². The average molecular weight is 613 g/mol. The summed E-state index contributed by atoms with van der Waals surface area (Å²) in [6.07, 6.45) is 1.38. The third kappa shape index (κ3) is 15.7. The molecule has 0 aliphatic rings. The van der Waals surface area contributed by atoms with Crippen LogP contribution in [-0.4, -0.2) is 93.2 Å². The van der Waals surface area contributed by atoms with Crippen LogP contribution in [0.25, 0.3) is 0 Å². The Kier molecular flexibility index (Phi) is 20.8. The number of hydrogen-bond acceptors (Lipinski definition) is 10. The largest absolute Gasteiger partial charge is 0.501 e. The van der Waals surface area contributed by atoms with Gasteiger partial charge in [0.05, 0.1) is 13.2 Å². The fourth-order valence-corrected chi connectivity index (χ4v) is 9.39. The number of carbonyl (C=O) groups is 2. The summed E-state index contributed by atoms with van der Waals surface area (Å²) in [5, 5.41) is 3.74. The SMILES string of the molecule is CCO[Si](CCCCC(C)(C)NC(=O)ON(CC)C(=O)OCCC[Si](OCC)(OCC)OCC)(OCC)OCC. The van der Waals surface area contributed by atoms with Crippen molar-refractivity contribution in [3.63, 3.8) is 0 Å². The van der Waals surface area contributed by atoms with E-state index in [1.165, 1.54) is 0 Å². The number of unbranched alkanes of at least 4 members (excludes halogenated alkanes) is 1. The molecule has 0 rings (SSSR count). The first-order valence-electron chi connectivity index (χ1n) is 14.8. The molecule has 12 nitrogen and oxygen atoms in total. The average Bonchev–Trinajstić information content (AvgIpc) is 2.88. The van der Waals surface area contributed by atoms with E-state index in [0.717, 1.165) is 17.9 Å². The predicted molar refractivity (Wildman–Crippen MR) is 157 cm³/mol. The summed E-state index contributed by atoms with van der Waals surface area (Å²) in [5.74, 6) is 0. The number of nitrogens with zero attached hydrogens (tertiary/aromatic N) is 1. The van der Waals surface area contributed by atoms with Crippen LogP contribution in [0.5, 0.6) is 0 Å². The number of amides is 2. The zero-order valence-corrected chi connectivity index (χ0v) is 28.4. The van der Waals surface area contributed by atoms with Gasteiger partial charge in [0.25, 0.3) is 0 Å². The Morgan fingerprint density at radius 2 is 1.10 bits per heavy atom. The van der Waals surface area contributed by atoms with E-state index in [9.17, 15) is 9.59 Å². The maximum atomic E-state index is 12.6. The number of hydrogen-bond donors (Lipinski definition) is 1. The second-order valence-corrected chi connectivity index (χ2v) is 14.9. The van der Waals surface area contributed by atoms with Gasteiger partial charge in [-0.1, -0.05) is 6.42 Å². The Hall–Kier alpha value is -1.27. The summed E-state index contributed by atoms with van der Waals surface area (Å²) >= 11 is 0. The molecule has 0 aromatic heterocycles. The van der Waals surface area contributed by atoms with Crippen LogP contribution in [0.2, 0.25) is 12.1 Å². The zero-order chi connectivity index (χ0) is 30.5. The molecule has 0 heterocycles. The van der Waals surface area contributed by atoms with E-state index in [2.05, 4.69) is 5.32 Å². The molecule has 2 amide bonds. The summed E-state index contributed by atoms with van der Waals surface area (Å²) < 4.78 is 40.5. The van der Waals surface area contributed by atoms with Crippen molar-refractivity contribution in [1.29, 1.82) is 0 Å². The van der Waals surface area contributed by atoms with Crippen LogP contribution in [-0.2, 0) is 36.1 Å². The second-order valence-electron chi connectivity index (χ2n) is 9.47. The molecule has 40 heavy (non-hydrogen) atoms. The third-order valence-electron chi connectivity index (χ3n) is 5.70. The van der Waals surface area contributed by atoms with Crippen molar-refractivity contribution >= 4 is 29.8 Å². The van der Waals surface area contributed by atoms with E-state index in [-0.39, 0.29) is 13.2 Å². The molecule has 0 saturated heterocycles. The normalized spacial score (nSPS) is 12.3. The topological polar surface area (TPSA) is 123 Å². The van der Waals surface area contributed by atoms with Gasteiger partial charge < -0.3 is 41.4 Å². The first-order valence-corrected chi connectivity index (χ1v) is 18.7. The van der Waals surface area contributed by atoms with Gasteiger partial charge in [0.1, 0.15) is 0 Å². The van der Waals surface area contributed by atoms with Crippen molar-refractivity contribution in [1.82, 2.24) is 10.4 Å². The Labute approximate surface area is 244 Å². The quantitative estimate of drug-likeness (QED) is 0.0896. The van der Waals surface area contributed by atoms with E-state index in [1.807, 2.05) is 55.4 Å². The molecule has 238 valence electrons. The van der Waals surface area contributed by atoms with Crippen molar-refractivity contribution in [2.24, 2.45) is 0 Å². The molecule has 0 unspecified atom stereocenters. The Morgan fingerprint density at radius 1 is 0.675 bits per heavy atom. The maximum absolute atomic E-state index is 12.6. The highest BCUT2D eigenvalue weighted by Gasteiger charge is 2.40. The van der Waals surface area contributed by atoms with E-state index in [0.29, 0.717) is 64.6 Å². The molecule has 0 atom stereocenters. The van der Waals surface area contributed by atoms with Gasteiger partial charge in [-0.05, 0) is 81.6 Å². The molecule has 1 N–H and O–H groups in total. The fraction of sp³-hybridized carbons (Fsp3) is 0.923. The minimum absolute atomic E-state index is 0.115. The van der Waals surface area contributed by atoms with Crippen molar-refractivity contribution in [3.8, 4) is 0 Å². The van der Waals surface area contributed by atoms with E-state index < -0.39 is 35.3 Å². The molecule has 0 aromatic rings. The monoisotopic (exact) mass is 612 g/mol. The van der Waals surface area contributed by atoms with Crippen LogP contribution in [0.15, 0.2) is 0 Å². The molecule has 0 aliphatic heterocycles. The van der Waals surface area contributed by atoms with Gasteiger partial charge in [0.2, 0.25) is 0 Å². The summed E-state index contributed by atoms with van der Waals surface area (Å²) in [7, 11) is -5.50. The molecule has 0 bridgehead atoms. The van der Waals surface area contributed by atoms with Gasteiger partial charge in [0.15, 0.2) is 0 Å². The van der Waals surface area contributed by atoms with Gasteiger partial charge in [0, 0.05) is 57.3 Å². The van der Waals surface area contributed by atoms with E-state index >= 15 is 0 Å². The highest BCUT2D eigenvalue weighted by Crippen LogP contribution is 2.22. The Morgan fingerprint density at radius 3 is 1.50 bits per heavy atom. The molecule has 0 aromatic carbocycles. The molecule has 0 aliphatic carbocycles. The Balaban J connectivity index is 4.71. The minimum Gasteiger partial charge on any atom is -0.447 e. The molecule has 0 saturated carbocycles. The lowest BCUT2D eigenvalue weighted by Gasteiger charge is -2.30. The number of nitrogens with one attached hydrogen (secondary N) is 1. The third-order valence-corrected chi connectivity index (χ3v) is 12.0. The molecule has 0 spiro atoms. The van der Waals surface area contributed by atoms with E-state index in [4.69, 9.17) is 36.1 Å². The van der Waals surface area contributed by atoms with Crippen molar-refractivity contribution in [3.05, 3.63) is 0 Å². The van der Waals surface area contributed by atoms with Crippen LogP contribution in [0.1, 0.15) is 88.0 Å². The van der Waals surface area contributed by atoms with Gasteiger partial charge in [-0.15, -0.1) is 5.06 Å². The number of rotatable bonds is 23. The summed E-state index contributed by atoms with van der Waals surface area (Å²) in [4.78, 5) is 30.4. The smallest absolute Gasteiger partial charge is 0.447 e. The highest BCUT2D eigenvalue weighted by atomic mass is 28.4. The van der Waals surface area contributed by atoms with Crippen molar-refractivity contribution in [2.75, 3.05) is 52.8 Å². The second kappa shape index (κ2) is 21.4. The summed E-state index contributed by atoms with van der Waals surface area (Å²) in [6, 6.07) is 1.22. The predicted octanol–water partition coefficient (Wildman–Crippen LogP) is 5.52. The lowest BCUT2D eigenvalue weighted by atomic mass is 9.98. The van der Waals surface area contributed by atoms with Crippen LogP contribution in [0.4, 0.5) is 9.59 Å². The van der Waals surface area contributed by atoms with Crippen molar-refractivity contribution < 1.29 is 45.7 Å². The number of hydroxylamine groups is 2. The lowest BCUT2D eigenvalue weighted by molar-refractivity contribution is -0.0825.